The Morgan fingerprint density at radius 1 is 1.41 bits per heavy atom. The second-order valence-corrected chi connectivity index (χ2v) is 4.70. The van der Waals surface area contributed by atoms with Gasteiger partial charge in [-0.3, -0.25) is 4.98 Å². The summed E-state index contributed by atoms with van der Waals surface area (Å²) in [5.74, 6) is 0.709. The molecule has 0 spiro atoms. The zero-order valence-corrected chi connectivity index (χ0v) is 11.4. The quantitative estimate of drug-likeness (QED) is 0.918. The van der Waals surface area contributed by atoms with Gasteiger partial charge in [-0.1, -0.05) is 17.7 Å². The van der Waals surface area contributed by atoms with E-state index in [-0.39, 0.29) is 0 Å². The predicted molar refractivity (Wildman–Crippen MR) is 73.3 cm³/mol. The van der Waals surface area contributed by atoms with Crippen molar-refractivity contribution in [1.29, 1.82) is 0 Å². The summed E-state index contributed by atoms with van der Waals surface area (Å²) in [7, 11) is 1.61. The molecule has 2 aromatic rings. The van der Waals surface area contributed by atoms with E-state index in [9.17, 15) is 0 Å². The molecule has 0 amide bonds. The summed E-state index contributed by atoms with van der Waals surface area (Å²) in [5, 5.41) is 0.511. The van der Waals surface area contributed by atoms with Crippen molar-refractivity contribution in [1.82, 2.24) is 4.98 Å². The number of ether oxygens (including phenoxy) is 1. The fourth-order valence-electron chi connectivity index (χ4n) is 1.57. The Morgan fingerprint density at radius 2 is 2.18 bits per heavy atom. The molecule has 0 aliphatic heterocycles. The van der Waals surface area contributed by atoms with Gasteiger partial charge in [-0.25, -0.2) is 0 Å². The normalized spacial score (nSPS) is 10.3. The van der Waals surface area contributed by atoms with E-state index in [1.807, 2.05) is 18.2 Å². The second kappa shape index (κ2) is 4.94. The molecule has 1 aromatic heterocycles. The van der Waals surface area contributed by atoms with Crippen molar-refractivity contribution >= 4 is 33.2 Å². The number of hydrogen-bond acceptors (Lipinski definition) is 3. The number of benzene rings is 1. The fraction of sp³-hybridized carbons (Fsp3) is 0.0833. The Balaban J connectivity index is 2.67. The molecule has 0 bridgehead atoms. The van der Waals surface area contributed by atoms with Crippen LogP contribution in [-0.4, -0.2) is 12.1 Å². The smallest absolute Gasteiger partial charge is 0.129 e. The molecule has 0 saturated heterocycles. The van der Waals surface area contributed by atoms with Gasteiger partial charge in [-0.2, -0.15) is 0 Å². The van der Waals surface area contributed by atoms with Crippen LogP contribution in [0.4, 0.5) is 5.69 Å². The molecule has 1 aromatic carbocycles. The average Bonchev–Trinajstić information content (AvgIpc) is 2.30. The SMILES string of the molecule is COc1cccc(Br)c1-c1ncc(Cl)cc1N. The number of aromatic nitrogens is 1. The Bertz CT molecular complexity index is 560. The number of nitrogen functional groups attached to an aromatic ring is 1. The highest BCUT2D eigenvalue weighted by Gasteiger charge is 2.14. The van der Waals surface area contributed by atoms with Gasteiger partial charge in [-0.15, -0.1) is 0 Å². The van der Waals surface area contributed by atoms with E-state index >= 15 is 0 Å². The third-order valence-corrected chi connectivity index (χ3v) is 3.18. The topological polar surface area (TPSA) is 48.1 Å². The molecule has 0 aliphatic rings. The summed E-state index contributed by atoms with van der Waals surface area (Å²) in [6.45, 7) is 0. The summed E-state index contributed by atoms with van der Waals surface area (Å²) in [6.07, 6.45) is 1.56. The second-order valence-electron chi connectivity index (χ2n) is 3.41. The highest BCUT2D eigenvalue weighted by atomic mass is 79.9. The molecule has 2 rings (SSSR count). The Hall–Kier alpha value is -1.26. The van der Waals surface area contributed by atoms with Crippen LogP contribution in [0.5, 0.6) is 5.75 Å². The first-order chi connectivity index (χ1) is 8.13. The third-order valence-electron chi connectivity index (χ3n) is 2.32. The number of nitrogens with zero attached hydrogens (tertiary/aromatic N) is 1. The zero-order chi connectivity index (χ0) is 12.4. The maximum absolute atomic E-state index is 5.92. The maximum Gasteiger partial charge on any atom is 0.129 e. The summed E-state index contributed by atoms with van der Waals surface area (Å²) >= 11 is 9.30. The minimum atomic E-state index is 0.511. The van der Waals surface area contributed by atoms with Crippen LogP contribution >= 0.6 is 27.5 Å². The first-order valence-electron chi connectivity index (χ1n) is 4.87. The summed E-state index contributed by atoms with van der Waals surface area (Å²) in [6, 6.07) is 7.32. The Labute approximate surface area is 113 Å². The number of pyridine rings is 1. The summed E-state index contributed by atoms with van der Waals surface area (Å²) < 4.78 is 6.18. The van der Waals surface area contributed by atoms with Gasteiger partial charge < -0.3 is 10.5 Å². The van der Waals surface area contributed by atoms with Crippen molar-refractivity contribution in [3.8, 4) is 17.0 Å². The van der Waals surface area contributed by atoms with E-state index in [0.717, 1.165) is 10.0 Å². The first kappa shape index (κ1) is 12.2. The largest absolute Gasteiger partial charge is 0.496 e. The van der Waals surface area contributed by atoms with Crippen LogP contribution in [0.2, 0.25) is 5.02 Å². The van der Waals surface area contributed by atoms with Crippen molar-refractivity contribution in [2.75, 3.05) is 12.8 Å². The molecule has 0 radical (unpaired) electrons. The first-order valence-corrected chi connectivity index (χ1v) is 6.04. The molecule has 17 heavy (non-hydrogen) atoms. The number of nitrogens with two attached hydrogens (primary N) is 1. The monoisotopic (exact) mass is 312 g/mol. The summed E-state index contributed by atoms with van der Waals surface area (Å²) in [5.41, 5.74) is 7.91. The lowest BCUT2D eigenvalue weighted by Crippen LogP contribution is -1.96. The molecule has 1 heterocycles. The number of halogens is 2. The van der Waals surface area contributed by atoms with E-state index in [2.05, 4.69) is 20.9 Å². The van der Waals surface area contributed by atoms with Crippen LogP contribution in [0.3, 0.4) is 0 Å². The minimum Gasteiger partial charge on any atom is -0.496 e. The number of hydrogen-bond donors (Lipinski definition) is 1. The minimum absolute atomic E-state index is 0.511. The van der Waals surface area contributed by atoms with Crippen molar-refractivity contribution in [3.05, 3.63) is 40.0 Å². The Morgan fingerprint density at radius 3 is 2.82 bits per heavy atom. The van der Waals surface area contributed by atoms with E-state index < -0.39 is 0 Å². The highest BCUT2D eigenvalue weighted by molar-refractivity contribution is 9.10. The van der Waals surface area contributed by atoms with Gasteiger partial charge >= 0.3 is 0 Å². The lowest BCUT2D eigenvalue weighted by Gasteiger charge is -2.11. The van der Waals surface area contributed by atoms with Crippen LogP contribution in [0.15, 0.2) is 34.9 Å². The van der Waals surface area contributed by atoms with E-state index in [0.29, 0.717) is 22.2 Å². The van der Waals surface area contributed by atoms with Crippen molar-refractivity contribution in [2.24, 2.45) is 0 Å². The number of methoxy groups -OCH3 is 1. The van der Waals surface area contributed by atoms with Gasteiger partial charge in [0.1, 0.15) is 5.75 Å². The molecule has 0 saturated carbocycles. The van der Waals surface area contributed by atoms with Gasteiger partial charge in [-0.05, 0) is 34.1 Å². The molecule has 0 unspecified atom stereocenters. The molecular weight excluding hydrogens is 304 g/mol. The van der Waals surface area contributed by atoms with Gasteiger partial charge in [0.25, 0.3) is 0 Å². The van der Waals surface area contributed by atoms with Crippen LogP contribution in [-0.2, 0) is 0 Å². The predicted octanol–water partition coefficient (Wildman–Crippen LogP) is 3.76. The van der Waals surface area contributed by atoms with Crippen molar-refractivity contribution in [2.45, 2.75) is 0 Å². The molecule has 3 nitrogen and oxygen atoms in total. The standard InChI is InChI=1S/C12H10BrClN2O/c1-17-10-4-2-3-8(13)11(10)12-9(15)5-7(14)6-16-12/h2-6H,15H2,1H3. The molecule has 88 valence electrons. The zero-order valence-electron chi connectivity index (χ0n) is 9.08. The number of rotatable bonds is 2. The van der Waals surface area contributed by atoms with Gasteiger partial charge in [0.2, 0.25) is 0 Å². The molecule has 0 aliphatic carbocycles. The van der Waals surface area contributed by atoms with Gasteiger partial charge in [0.15, 0.2) is 0 Å². The van der Waals surface area contributed by atoms with Gasteiger partial charge in [0, 0.05) is 10.7 Å². The van der Waals surface area contributed by atoms with Crippen LogP contribution in [0.1, 0.15) is 0 Å². The van der Waals surface area contributed by atoms with Crippen molar-refractivity contribution < 1.29 is 4.74 Å². The lowest BCUT2D eigenvalue weighted by atomic mass is 10.1. The molecular formula is C12H10BrClN2O. The molecule has 0 atom stereocenters. The van der Waals surface area contributed by atoms with E-state index in [1.165, 1.54) is 0 Å². The molecule has 2 N–H and O–H groups in total. The van der Waals surface area contributed by atoms with Crippen LogP contribution in [0.25, 0.3) is 11.3 Å². The third kappa shape index (κ3) is 2.37. The molecule has 0 fully saturated rings. The highest BCUT2D eigenvalue weighted by Crippen LogP contribution is 2.38. The summed E-state index contributed by atoms with van der Waals surface area (Å²) in [4.78, 5) is 4.25. The molecule has 5 heteroatoms. The van der Waals surface area contributed by atoms with Gasteiger partial charge in [0.05, 0.1) is 29.1 Å². The van der Waals surface area contributed by atoms with Crippen molar-refractivity contribution in [3.63, 3.8) is 0 Å². The lowest BCUT2D eigenvalue weighted by molar-refractivity contribution is 0.416. The maximum atomic E-state index is 5.92. The fourth-order valence-corrected chi connectivity index (χ4v) is 2.27. The van der Waals surface area contributed by atoms with Crippen LogP contribution < -0.4 is 10.5 Å². The van der Waals surface area contributed by atoms with E-state index in [4.69, 9.17) is 22.1 Å². The van der Waals surface area contributed by atoms with Crippen LogP contribution in [0, 0.1) is 0 Å². The average molecular weight is 314 g/mol. The van der Waals surface area contributed by atoms with E-state index in [1.54, 1.807) is 19.4 Å². The Kier molecular flexibility index (Phi) is 3.54. The number of anilines is 1.